The molecule has 1 amide bonds. The quantitative estimate of drug-likeness (QED) is 0.582. The summed E-state index contributed by atoms with van der Waals surface area (Å²) in [5, 5.41) is 0. The van der Waals surface area contributed by atoms with Crippen LogP contribution in [0.3, 0.4) is 0 Å². The third-order valence-corrected chi connectivity index (χ3v) is 3.26. The Bertz CT molecular complexity index is 358. The first-order valence-electron chi connectivity index (χ1n) is 4.10. The van der Waals surface area contributed by atoms with Crippen molar-refractivity contribution in [2.45, 2.75) is 6.92 Å². The second-order valence-electron chi connectivity index (χ2n) is 3.42. The van der Waals surface area contributed by atoms with Crippen LogP contribution in [0.1, 0.15) is 6.92 Å². The van der Waals surface area contributed by atoms with E-state index in [0.29, 0.717) is 0 Å². The number of halogens is 1. The first-order chi connectivity index (χ1) is 6.04. The number of fused-ring (bicyclic) bond motifs is 1. The molecule has 0 radical (unpaired) electrons. The number of rotatable bonds is 0. The van der Waals surface area contributed by atoms with Gasteiger partial charge >= 0.3 is 0 Å². The molecule has 0 spiro atoms. The zero-order valence-corrected chi connectivity index (χ0v) is 9.23. The Morgan fingerprint density at radius 3 is 2.62 bits per heavy atom. The summed E-state index contributed by atoms with van der Waals surface area (Å²) in [4.78, 5) is 13.3. The number of carbonyl (C=O) groups is 1. The molecule has 0 unspecified atom stereocenters. The van der Waals surface area contributed by atoms with E-state index in [4.69, 9.17) is 0 Å². The SMILES string of the molecule is C=C1C2=C(C)BC(Br)=C2C(=O)N1C. The van der Waals surface area contributed by atoms with Gasteiger partial charge in [0, 0.05) is 23.9 Å². The van der Waals surface area contributed by atoms with Gasteiger partial charge in [0.15, 0.2) is 7.28 Å². The van der Waals surface area contributed by atoms with Gasteiger partial charge in [-0.15, -0.1) is 0 Å². The van der Waals surface area contributed by atoms with Crippen LogP contribution in [0.2, 0.25) is 0 Å². The standard InChI is InChI=1S/C9H9BBrNO/c1-4-6-5(2)12(3)9(13)7(6)8(11)10-4/h10H,2H2,1,3H3. The summed E-state index contributed by atoms with van der Waals surface area (Å²) in [5.74, 6) is 0.0590. The molecule has 0 saturated carbocycles. The summed E-state index contributed by atoms with van der Waals surface area (Å²) < 4.78 is 0.996. The van der Waals surface area contributed by atoms with Gasteiger partial charge in [0.25, 0.3) is 5.91 Å². The van der Waals surface area contributed by atoms with Crippen LogP contribution in [-0.2, 0) is 4.79 Å². The third kappa shape index (κ3) is 0.982. The second-order valence-corrected chi connectivity index (χ2v) is 4.38. The van der Waals surface area contributed by atoms with E-state index >= 15 is 0 Å². The number of hydrogen-bond acceptors (Lipinski definition) is 1. The number of amides is 1. The zero-order chi connectivity index (χ0) is 9.75. The minimum absolute atomic E-state index is 0.0590. The summed E-state index contributed by atoms with van der Waals surface area (Å²) in [5.41, 5.74) is 3.90. The van der Waals surface area contributed by atoms with E-state index in [0.717, 1.165) is 28.5 Å². The molecule has 0 bridgehead atoms. The Kier molecular flexibility index (Phi) is 1.77. The van der Waals surface area contributed by atoms with Gasteiger partial charge in [0.2, 0.25) is 0 Å². The fourth-order valence-corrected chi connectivity index (χ4v) is 2.62. The van der Waals surface area contributed by atoms with Crippen LogP contribution in [0.15, 0.2) is 33.3 Å². The summed E-state index contributed by atoms with van der Waals surface area (Å²) >= 11 is 3.43. The number of nitrogens with zero attached hydrogens (tertiary/aromatic N) is 1. The summed E-state index contributed by atoms with van der Waals surface area (Å²) in [6.45, 7) is 5.95. The molecule has 2 rings (SSSR count). The molecule has 4 heteroatoms. The average Bonchev–Trinajstić information content (AvgIpc) is 2.47. The normalized spacial score (nSPS) is 21.6. The molecule has 1 fully saturated rings. The van der Waals surface area contributed by atoms with Crippen LogP contribution in [0.5, 0.6) is 0 Å². The Morgan fingerprint density at radius 1 is 1.46 bits per heavy atom. The van der Waals surface area contributed by atoms with Gasteiger partial charge in [0.1, 0.15) is 0 Å². The van der Waals surface area contributed by atoms with E-state index in [1.165, 1.54) is 5.47 Å². The van der Waals surface area contributed by atoms with E-state index in [1.54, 1.807) is 11.9 Å². The van der Waals surface area contributed by atoms with Crippen molar-refractivity contribution in [1.82, 2.24) is 4.90 Å². The minimum atomic E-state index is 0.0590. The number of likely N-dealkylation sites (tertiary alicyclic amines) is 1. The predicted octanol–water partition coefficient (Wildman–Crippen LogP) is 1.30. The lowest BCUT2D eigenvalue weighted by molar-refractivity contribution is -0.122. The molecule has 0 aromatic heterocycles. The lowest BCUT2D eigenvalue weighted by Gasteiger charge is -2.09. The van der Waals surface area contributed by atoms with E-state index in [9.17, 15) is 4.79 Å². The fourth-order valence-electron chi connectivity index (χ4n) is 1.83. The van der Waals surface area contributed by atoms with Crippen molar-refractivity contribution in [3.05, 3.63) is 33.3 Å². The topological polar surface area (TPSA) is 20.3 Å². The number of likely N-dealkylation sites (N-methyl/N-ethyl adjacent to an activating group) is 1. The molecule has 0 aromatic rings. The van der Waals surface area contributed by atoms with E-state index in [1.807, 2.05) is 6.92 Å². The number of carbonyl (C=O) groups excluding carboxylic acids is 1. The van der Waals surface area contributed by atoms with Gasteiger partial charge in [-0.1, -0.05) is 34.9 Å². The summed E-state index contributed by atoms with van der Waals surface area (Å²) in [6, 6.07) is 0. The van der Waals surface area contributed by atoms with Crippen molar-refractivity contribution in [3.63, 3.8) is 0 Å². The van der Waals surface area contributed by atoms with E-state index in [-0.39, 0.29) is 5.91 Å². The molecule has 0 aromatic carbocycles. The van der Waals surface area contributed by atoms with E-state index in [2.05, 4.69) is 22.5 Å². The highest BCUT2D eigenvalue weighted by Crippen LogP contribution is 2.41. The van der Waals surface area contributed by atoms with Gasteiger partial charge in [-0.2, -0.15) is 0 Å². The molecular weight excluding hydrogens is 229 g/mol. The van der Waals surface area contributed by atoms with Crippen molar-refractivity contribution < 1.29 is 4.79 Å². The average molecular weight is 238 g/mol. The van der Waals surface area contributed by atoms with E-state index < -0.39 is 0 Å². The Hall–Kier alpha value is -0.765. The molecular formula is C9H9BBrNO. The third-order valence-electron chi connectivity index (χ3n) is 2.58. The Balaban J connectivity index is 2.65. The first kappa shape index (κ1) is 8.82. The maximum absolute atomic E-state index is 11.7. The fraction of sp³-hybridized carbons (Fsp3) is 0.222. The van der Waals surface area contributed by atoms with Crippen LogP contribution < -0.4 is 0 Å². The maximum Gasteiger partial charge on any atom is 0.258 e. The number of hydrogen-bond donors (Lipinski definition) is 0. The molecule has 13 heavy (non-hydrogen) atoms. The van der Waals surface area contributed by atoms with Crippen LogP contribution >= 0.6 is 15.9 Å². The summed E-state index contributed by atoms with van der Waals surface area (Å²) in [7, 11) is 2.61. The molecule has 2 heterocycles. The van der Waals surface area contributed by atoms with Gasteiger partial charge in [-0.3, -0.25) is 4.79 Å². The Morgan fingerprint density at radius 2 is 2.08 bits per heavy atom. The van der Waals surface area contributed by atoms with Gasteiger partial charge in [-0.05, 0) is 4.38 Å². The molecule has 0 aliphatic carbocycles. The van der Waals surface area contributed by atoms with Crippen LogP contribution in [0.25, 0.3) is 0 Å². The maximum atomic E-state index is 11.7. The molecule has 66 valence electrons. The van der Waals surface area contributed by atoms with Crippen molar-refractivity contribution in [1.29, 1.82) is 0 Å². The molecule has 2 aliphatic heterocycles. The Labute approximate surface area is 86.4 Å². The van der Waals surface area contributed by atoms with Crippen LogP contribution in [-0.4, -0.2) is 25.1 Å². The molecule has 2 nitrogen and oxygen atoms in total. The zero-order valence-electron chi connectivity index (χ0n) is 7.65. The first-order valence-corrected chi connectivity index (χ1v) is 4.89. The van der Waals surface area contributed by atoms with Crippen LogP contribution in [0.4, 0.5) is 0 Å². The van der Waals surface area contributed by atoms with Crippen molar-refractivity contribution in [2.75, 3.05) is 7.05 Å². The van der Waals surface area contributed by atoms with Crippen molar-refractivity contribution >= 4 is 29.1 Å². The lowest BCUT2D eigenvalue weighted by atomic mass is 9.73. The predicted molar refractivity (Wildman–Crippen MR) is 57.7 cm³/mol. The van der Waals surface area contributed by atoms with Gasteiger partial charge < -0.3 is 4.90 Å². The minimum Gasteiger partial charge on any atom is -0.311 e. The number of allylic oxidation sites excluding steroid dienone is 2. The van der Waals surface area contributed by atoms with Gasteiger partial charge in [0.05, 0.1) is 0 Å². The largest absolute Gasteiger partial charge is 0.311 e. The molecule has 2 aliphatic rings. The highest BCUT2D eigenvalue weighted by Gasteiger charge is 2.38. The highest BCUT2D eigenvalue weighted by molar-refractivity contribution is 9.12. The lowest BCUT2D eigenvalue weighted by Crippen LogP contribution is -2.18. The van der Waals surface area contributed by atoms with Crippen molar-refractivity contribution in [2.24, 2.45) is 0 Å². The summed E-state index contributed by atoms with van der Waals surface area (Å²) in [6.07, 6.45) is 0. The highest BCUT2D eigenvalue weighted by atomic mass is 79.9. The molecule has 0 atom stereocenters. The molecule has 1 saturated heterocycles. The molecule has 0 N–H and O–H groups in total. The monoisotopic (exact) mass is 237 g/mol. The van der Waals surface area contributed by atoms with Crippen LogP contribution in [0, 0.1) is 0 Å². The second kappa shape index (κ2) is 2.61. The van der Waals surface area contributed by atoms with Gasteiger partial charge in [-0.25, -0.2) is 0 Å². The van der Waals surface area contributed by atoms with Crippen molar-refractivity contribution in [3.8, 4) is 0 Å². The smallest absolute Gasteiger partial charge is 0.258 e.